The lowest BCUT2D eigenvalue weighted by Crippen LogP contribution is -2.46. The van der Waals surface area contributed by atoms with Crippen molar-refractivity contribution >= 4 is 17.1 Å². The number of hydrogen-bond acceptors (Lipinski definition) is 6. The van der Waals surface area contributed by atoms with E-state index in [4.69, 9.17) is 14.2 Å². The van der Waals surface area contributed by atoms with Crippen molar-refractivity contribution in [1.82, 2.24) is 14.5 Å². The first-order valence-electron chi connectivity index (χ1n) is 11.9. The third-order valence-electron chi connectivity index (χ3n) is 7.68. The van der Waals surface area contributed by atoms with Crippen LogP contribution in [0, 0.1) is 22.7 Å². The molecule has 2 unspecified atom stereocenters. The van der Waals surface area contributed by atoms with Crippen molar-refractivity contribution in [2.24, 2.45) is 11.3 Å². The first-order valence-corrected chi connectivity index (χ1v) is 11.9. The van der Waals surface area contributed by atoms with Gasteiger partial charge in [-0.05, 0) is 62.6 Å². The summed E-state index contributed by atoms with van der Waals surface area (Å²) in [5.41, 5.74) is 2.06. The number of benzene rings is 1. The number of hydrogen-bond donors (Lipinski definition) is 0. The minimum absolute atomic E-state index is 0.0558. The normalized spacial score (nSPS) is 27.1. The molecule has 8 nitrogen and oxygen atoms in total. The summed E-state index contributed by atoms with van der Waals surface area (Å²) in [5, 5.41) is 9.26. The molecule has 0 radical (unpaired) electrons. The Kier molecular flexibility index (Phi) is 6.02. The van der Waals surface area contributed by atoms with E-state index in [0.717, 1.165) is 56.1 Å². The summed E-state index contributed by atoms with van der Waals surface area (Å²) in [6.45, 7) is 4.19. The largest absolute Gasteiger partial charge is 0.441 e. The Balaban J connectivity index is 1.28. The molecule has 2 atom stereocenters. The van der Waals surface area contributed by atoms with E-state index in [9.17, 15) is 10.1 Å². The second-order valence-corrected chi connectivity index (χ2v) is 10.1. The number of amides is 1. The van der Waals surface area contributed by atoms with Crippen LogP contribution < -0.4 is 0 Å². The molecule has 1 aromatic heterocycles. The van der Waals surface area contributed by atoms with Crippen LogP contribution in [0.5, 0.6) is 0 Å². The van der Waals surface area contributed by atoms with Crippen molar-refractivity contribution in [2.45, 2.75) is 50.7 Å². The number of imidazole rings is 1. The van der Waals surface area contributed by atoms with Crippen LogP contribution in [0.2, 0.25) is 0 Å². The first kappa shape index (κ1) is 22.2. The Bertz CT molecular complexity index is 1050. The van der Waals surface area contributed by atoms with Gasteiger partial charge in [0.25, 0.3) is 0 Å². The van der Waals surface area contributed by atoms with Gasteiger partial charge < -0.3 is 23.7 Å². The van der Waals surface area contributed by atoms with E-state index in [0.29, 0.717) is 44.4 Å². The van der Waals surface area contributed by atoms with Gasteiger partial charge >= 0.3 is 6.09 Å². The Hall–Kier alpha value is -2.63. The minimum Gasteiger partial charge on any atom is -0.441 e. The quantitative estimate of drug-likeness (QED) is 0.663. The molecule has 33 heavy (non-hydrogen) atoms. The maximum atomic E-state index is 12.9. The Labute approximate surface area is 194 Å². The Morgan fingerprint density at radius 3 is 2.94 bits per heavy atom. The summed E-state index contributed by atoms with van der Waals surface area (Å²) >= 11 is 0. The highest BCUT2D eigenvalue weighted by molar-refractivity contribution is 5.77. The highest BCUT2D eigenvalue weighted by Crippen LogP contribution is 2.42. The molecule has 1 spiro atoms. The SMILES string of the molecule is COCC1(CN2CC3(CCCC(Cn4cnc5ccc(C#N)cc54)C3)OC2=O)CCOCC1. The molecule has 3 heterocycles. The lowest BCUT2D eigenvalue weighted by Gasteiger charge is -2.39. The van der Waals surface area contributed by atoms with Crippen LogP contribution >= 0.6 is 0 Å². The fourth-order valence-corrected chi connectivity index (χ4v) is 6.06. The molecule has 0 bridgehead atoms. The zero-order valence-corrected chi connectivity index (χ0v) is 19.3. The number of aromatic nitrogens is 2. The van der Waals surface area contributed by atoms with E-state index in [-0.39, 0.29) is 11.5 Å². The predicted octanol–water partition coefficient (Wildman–Crippen LogP) is 3.73. The summed E-state index contributed by atoms with van der Waals surface area (Å²) in [6.07, 6.45) is 7.38. The number of methoxy groups -OCH3 is 1. The topological polar surface area (TPSA) is 89.6 Å². The molecular formula is C25H32N4O4. The molecule has 2 aliphatic heterocycles. The highest BCUT2D eigenvalue weighted by atomic mass is 16.6. The van der Waals surface area contributed by atoms with Crippen LogP contribution in [0.1, 0.15) is 44.1 Å². The zero-order valence-electron chi connectivity index (χ0n) is 19.3. The van der Waals surface area contributed by atoms with Gasteiger partial charge in [0.15, 0.2) is 0 Å². The van der Waals surface area contributed by atoms with Crippen molar-refractivity contribution in [3.05, 3.63) is 30.1 Å². The van der Waals surface area contributed by atoms with Crippen molar-refractivity contribution in [3.8, 4) is 6.07 Å². The van der Waals surface area contributed by atoms with Crippen LogP contribution in [0.25, 0.3) is 11.0 Å². The fourth-order valence-electron chi connectivity index (χ4n) is 6.06. The lowest BCUT2D eigenvalue weighted by atomic mass is 9.77. The molecule has 1 aliphatic carbocycles. The van der Waals surface area contributed by atoms with Gasteiger partial charge in [-0.15, -0.1) is 0 Å². The molecule has 3 fully saturated rings. The Morgan fingerprint density at radius 1 is 1.30 bits per heavy atom. The van der Waals surface area contributed by atoms with Crippen LogP contribution in [0.4, 0.5) is 4.79 Å². The monoisotopic (exact) mass is 452 g/mol. The number of nitrogens with zero attached hydrogens (tertiary/aromatic N) is 4. The smallest absolute Gasteiger partial charge is 0.410 e. The average molecular weight is 453 g/mol. The standard InChI is InChI=1S/C25H32N4O4/c1-31-17-24(7-9-32-10-8-24)15-29-16-25(33-23(29)30)6-2-3-20(12-25)14-28-18-27-21-5-4-19(13-26)11-22(21)28/h4-5,11,18,20H,2-3,6-10,12,14-17H2,1H3. The maximum Gasteiger partial charge on any atom is 0.410 e. The van der Waals surface area contributed by atoms with Gasteiger partial charge in [-0.3, -0.25) is 0 Å². The number of carbonyl (C=O) groups is 1. The molecular weight excluding hydrogens is 420 g/mol. The summed E-state index contributed by atoms with van der Waals surface area (Å²) in [6, 6.07) is 7.82. The number of nitriles is 1. The molecule has 2 aromatic rings. The molecule has 1 amide bonds. The zero-order chi connectivity index (χ0) is 22.9. The lowest BCUT2D eigenvalue weighted by molar-refractivity contribution is -0.0387. The number of ether oxygens (including phenoxy) is 3. The Morgan fingerprint density at radius 2 is 2.15 bits per heavy atom. The number of rotatable bonds is 6. The second-order valence-electron chi connectivity index (χ2n) is 10.1. The van der Waals surface area contributed by atoms with Gasteiger partial charge in [0.2, 0.25) is 0 Å². The van der Waals surface area contributed by atoms with Crippen molar-refractivity contribution in [2.75, 3.05) is 40.0 Å². The van der Waals surface area contributed by atoms with Crippen molar-refractivity contribution in [3.63, 3.8) is 0 Å². The van der Waals surface area contributed by atoms with E-state index >= 15 is 0 Å². The molecule has 1 aromatic carbocycles. The second kappa shape index (κ2) is 8.96. The number of fused-ring (bicyclic) bond motifs is 1. The van der Waals surface area contributed by atoms with Crippen LogP contribution in [0.3, 0.4) is 0 Å². The molecule has 176 valence electrons. The minimum atomic E-state index is -0.409. The van der Waals surface area contributed by atoms with Crippen molar-refractivity contribution < 1.29 is 19.0 Å². The molecule has 5 rings (SSSR count). The maximum absolute atomic E-state index is 12.9. The third kappa shape index (κ3) is 4.44. The summed E-state index contributed by atoms with van der Waals surface area (Å²) in [5.74, 6) is 0.394. The summed E-state index contributed by atoms with van der Waals surface area (Å²) in [4.78, 5) is 19.3. The van der Waals surface area contributed by atoms with Crippen molar-refractivity contribution in [1.29, 1.82) is 5.26 Å². The van der Waals surface area contributed by atoms with Crippen LogP contribution in [0.15, 0.2) is 24.5 Å². The van der Waals surface area contributed by atoms with E-state index in [1.165, 1.54) is 0 Å². The van der Waals surface area contributed by atoms with Gasteiger partial charge in [0.1, 0.15) is 5.60 Å². The third-order valence-corrected chi connectivity index (χ3v) is 7.68. The molecule has 0 N–H and O–H groups in total. The van der Waals surface area contributed by atoms with Crippen LogP contribution in [-0.2, 0) is 20.8 Å². The predicted molar refractivity (Wildman–Crippen MR) is 122 cm³/mol. The molecule has 3 aliphatic rings. The van der Waals surface area contributed by atoms with Gasteiger partial charge in [-0.2, -0.15) is 5.26 Å². The van der Waals surface area contributed by atoms with E-state index in [1.807, 2.05) is 23.4 Å². The van der Waals surface area contributed by atoms with Gasteiger partial charge in [-0.1, -0.05) is 0 Å². The molecule has 1 saturated carbocycles. The van der Waals surface area contributed by atoms with E-state index < -0.39 is 5.60 Å². The van der Waals surface area contributed by atoms with E-state index in [2.05, 4.69) is 15.6 Å². The number of carbonyl (C=O) groups excluding carboxylic acids is 1. The van der Waals surface area contributed by atoms with E-state index in [1.54, 1.807) is 13.2 Å². The first-order chi connectivity index (χ1) is 16.0. The summed E-state index contributed by atoms with van der Waals surface area (Å²) in [7, 11) is 1.73. The molecule has 8 heteroatoms. The van der Waals surface area contributed by atoms with Crippen LogP contribution in [-0.4, -0.2) is 66.2 Å². The fraction of sp³-hybridized carbons (Fsp3) is 0.640. The van der Waals surface area contributed by atoms with Gasteiger partial charge in [0.05, 0.1) is 42.1 Å². The van der Waals surface area contributed by atoms with Gasteiger partial charge in [-0.25, -0.2) is 9.78 Å². The highest BCUT2D eigenvalue weighted by Gasteiger charge is 2.50. The van der Waals surface area contributed by atoms with Gasteiger partial charge in [0, 0.05) is 38.8 Å². The molecule has 2 saturated heterocycles. The summed E-state index contributed by atoms with van der Waals surface area (Å²) < 4.78 is 19.3. The average Bonchev–Trinajstić information content (AvgIpc) is 3.34.